The number of fused-ring (bicyclic) bond motifs is 1. The fourth-order valence-corrected chi connectivity index (χ4v) is 5.45. The summed E-state index contributed by atoms with van der Waals surface area (Å²) in [6.07, 6.45) is 1.95. The normalized spacial score (nSPS) is 12.0. The van der Waals surface area contributed by atoms with Gasteiger partial charge in [0.05, 0.1) is 22.9 Å². The molecule has 1 heterocycles. The minimum Gasteiger partial charge on any atom is -0.494 e. The van der Waals surface area contributed by atoms with Crippen molar-refractivity contribution in [3.05, 3.63) is 126 Å². The summed E-state index contributed by atoms with van der Waals surface area (Å²) in [5.41, 5.74) is 3.47. The van der Waals surface area contributed by atoms with E-state index in [-0.39, 0.29) is 5.25 Å². The summed E-state index contributed by atoms with van der Waals surface area (Å²) in [6, 6.07) is 37.2. The molecule has 176 valence electrons. The monoisotopic (exact) mass is 498 g/mol. The average molecular weight is 499 g/mol. The molecule has 35 heavy (non-hydrogen) atoms. The molecule has 0 fully saturated rings. The number of para-hydroxylation sites is 2. The van der Waals surface area contributed by atoms with Crippen LogP contribution < -0.4 is 4.74 Å². The van der Waals surface area contributed by atoms with Gasteiger partial charge in [0.15, 0.2) is 0 Å². The van der Waals surface area contributed by atoms with Crippen LogP contribution in [-0.4, -0.2) is 16.2 Å². The molecule has 5 heteroatoms. The highest BCUT2D eigenvalue weighted by molar-refractivity contribution is 7.99. The summed E-state index contributed by atoms with van der Waals surface area (Å²) in [5, 5.41) is 0.814. The van der Waals surface area contributed by atoms with Crippen molar-refractivity contribution in [2.24, 2.45) is 0 Å². The van der Waals surface area contributed by atoms with E-state index < -0.39 is 0 Å². The van der Waals surface area contributed by atoms with Crippen LogP contribution in [0.3, 0.4) is 0 Å². The zero-order valence-corrected chi connectivity index (χ0v) is 21.0. The van der Waals surface area contributed by atoms with Crippen molar-refractivity contribution in [1.29, 1.82) is 0 Å². The second kappa shape index (κ2) is 11.5. The van der Waals surface area contributed by atoms with Gasteiger partial charge in [-0.1, -0.05) is 72.3 Å². The van der Waals surface area contributed by atoms with E-state index in [2.05, 4.69) is 89.5 Å². The van der Waals surface area contributed by atoms with Gasteiger partial charge in [-0.05, 0) is 66.9 Å². The molecule has 3 nitrogen and oxygen atoms in total. The lowest BCUT2D eigenvalue weighted by molar-refractivity contribution is 0.303. The van der Waals surface area contributed by atoms with Crippen LogP contribution in [-0.2, 0) is 6.54 Å². The molecule has 0 bridgehead atoms. The van der Waals surface area contributed by atoms with Crippen molar-refractivity contribution in [2.45, 2.75) is 29.5 Å². The minimum absolute atomic E-state index is 0.0938. The van der Waals surface area contributed by atoms with Crippen molar-refractivity contribution >= 4 is 34.4 Å². The Kier molecular flexibility index (Phi) is 7.72. The highest BCUT2D eigenvalue weighted by Crippen LogP contribution is 2.41. The van der Waals surface area contributed by atoms with E-state index in [0.29, 0.717) is 6.61 Å². The second-order valence-corrected chi connectivity index (χ2v) is 9.96. The first-order valence-corrected chi connectivity index (χ1v) is 13.1. The number of benzene rings is 4. The Bertz CT molecular complexity index is 1350. The van der Waals surface area contributed by atoms with E-state index in [1.54, 1.807) is 0 Å². The first-order chi connectivity index (χ1) is 17.3. The van der Waals surface area contributed by atoms with Gasteiger partial charge in [0.2, 0.25) is 0 Å². The smallest absolute Gasteiger partial charge is 0.127 e. The zero-order valence-electron chi connectivity index (χ0n) is 19.4. The van der Waals surface area contributed by atoms with E-state index in [0.717, 1.165) is 41.5 Å². The Hall–Kier alpha value is -3.21. The number of imidazole rings is 1. The van der Waals surface area contributed by atoms with E-state index >= 15 is 0 Å². The molecule has 0 saturated carbocycles. The molecule has 0 aliphatic carbocycles. The maximum atomic E-state index is 5.97. The quantitative estimate of drug-likeness (QED) is 0.143. The number of nitrogens with zero attached hydrogens (tertiary/aromatic N) is 2. The predicted octanol–water partition coefficient (Wildman–Crippen LogP) is 8.43. The highest BCUT2D eigenvalue weighted by Gasteiger charge is 2.23. The Morgan fingerprint density at radius 3 is 2.23 bits per heavy atom. The number of ether oxygens (including phenoxy) is 1. The molecule has 0 saturated heterocycles. The summed E-state index contributed by atoms with van der Waals surface area (Å²) in [7, 11) is 0. The van der Waals surface area contributed by atoms with Gasteiger partial charge < -0.3 is 9.30 Å². The molecule has 0 radical (unpaired) electrons. The maximum absolute atomic E-state index is 5.97. The van der Waals surface area contributed by atoms with Crippen LogP contribution in [0, 0.1) is 0 Å². The molecule has 0 spiro atoms. The first kappa shape index (κ1) is 23.5. The Morgan fingerprint density at radius 2 is 1.46 bits per heavy atom. The molecule has 0 aliphatic rings. The molecule has 0 N–H and O–H groups in total. The summed E-state index contributed by atoms with van der Waals surface area (Å²) < 4.78 is 8.30. The number of rotatable bonds is 10. The molecule has 1 aromatic heterocycles. The number of halogens is 1. The van der Waals surface area contributed by atoms with Gasteiger partial charge in [0, 0.05) is 16.5 Å². The number of thioether (sulfide) groups is 1. The van der Waals surface area contributed by atoms with Gasteiger partial charge in [-0.3, -0.25) is 0 Å². The van der Waals surface area contributed by atoms with Crippen molar-refractivity contribution in [3.63, 3.8) is 0 Å². The third-order valence-corrected chi connectivity index (χ3v) is 7.39. The topological polar surface area (TPSA) is 27.1 Å². The van der Waals surface area contributed by atoms with Gasteiger partial charge >= 0.3 is 0 Å². The van der Waals surface area contributed by atoms with Crippen LogP contribution in [0.5, 0.6) is 5.75 Å². The summed E-state index contributed by atoms with van der Waals surface area (Å²) >= 11 is 7.82. The zero-order chi connectivity index (χ0) is 23.9. The maximum Gasteiger partial charge on any atom is 0.127 e. The minimum atomic E-state index is 0.0938. The summed E-state index contributed by atoms with van der Waals surface area (Å²) in [4.78, 5) is 6.37. The third kappa shape index (κ3) is 5.90. The summed E-state index contributed by atoms with van der Waals surface area (Å²) in [5.74, 6) is 1.94. The fraction of sp³-hybridized carbons (Fsp3) is 0.167. The Balaban J connectivity index is 1.38. The molecule has 5 rings (SSSR count). The Morgan fingerprint density at radius 1 is 0.771 bits per heavy atom. The summed E-state index contributed by atoms with van der Waals surface area (Å²) in [6.45, 7) is 1.56. The number of aryl methyl sites for hydroxylation is 1. The average Bonchev–Trinajstić information content (AvgIpc) is 3.27. The van der Waals surface area contributed by atoms with E-state index in [4.69, 9.17) is 21.3 Å². The van der Waals surface area contributed by atoms with Crippen molar-refractivity contribution in [2.75, 3.05) is 6.61 Å². The molecular weight excluding hydrogens is 472 g/mol. The van der Waals surface area contributed by atoms with Crippen LogP contribution in [0.1, 0.15) is 29.5 Å². The van der Waals surface area contributed by atoms with Gasteiger partial charge in [0.1, 0.15) is 11.6 Å². The van der Waals surface area contributed by atoms with Crippen LogP contribution in [0.2, 0.25) is 5.02 Å². The van der Waals surface area contributed by atoms with Gasteiger partial charge in [-0.15, -0.1) is 11.8 Å². The molecule has 5 aromatic rings. The number of hydrogen-bond acceptors (Lipinski definition) is 3. The SMILES string of the molecule is Clc1ccc(OCCCCn2c(C(Sc3ccccc3)c3ccccc3)nc3ccccc32)cc1. The van der Waals surface area contributed by atoms with Crippen molar-refractivity contribution < 1.29 is 4.74 Å². The number of unbranched alkanes of at least 4 members (excludes halogenated alkanes) is 1. The van der Waals surface area contributed by atoms with Gasteiger partial charge in [-0.25, -0.2) is 4.98 Å². The number of hydrogen-bond donors (Lipinski definition) is 0. The molecule has 1 atom stereocenters. The van der Waals surface area contributed by atoms with Crippen molar-refractivity contribution in [3.8, 4) is 5.75 Å². The molecule has 0 amide bonds. The lowest BCUT2D eigenvalue weighted by Gasteiger charge is -2.19. The van der Waals surface area contributed by atoms with Crippen LogP contribution >= 0.6 is 23.4 Å². The molecule has 1 unspecified atom stereocenters. The standard InChI is InChI=1S/C30H27ClN2OS/c31-24-17-19-25(20-18-24)34-22-10-9-21-33-28-16-8-7-15-27(28)32-30(33)29(23-11-3-1-4-12-23)35-26-13-5-2-6-14-26/h1-8,11-20,29H,9-10,21-22H2. The van der Waals surface area contributed by atoms with Crippen LogP contribution in [0.15, 0.2) is 114 Å². The highest BCUT2D eigenvalue weighted by atomic mass is 35.5. The van der Waals surface area contributed by atoms with E-state index in [1.807, 2.05) is 36.0 Å². The molecule has 0 aliphatic heterocycles. The van der Waals surface area contributed by atoms with E-state index in [1.165, 1.54) is 16.0 Å². The number of aromatic nitrogens is 2. The first-order valence-electron chi connectivity index (χ1n) is 11.9. The third-order valence-electron chi connectivity index (χ3n) is 5.88. The molecular formula is C30H27ClN2OS. The fourth-order valence-electron chi connectivity index (χ4n) is 4.15. The second-order valence-electron chi connectivity index (χ2n) is 8.34. The van der Waals surface area contributed by atoms with Crippen LogP contribution in [0.25, 0.3) is 11.0 Å². The Labute approximate surface area is 215 Å². The van der Waals surface area contributed by atoms with Gasteiger partial charge in [0.25, 0.3) is 0 Å². The van der Waals surface area contributed by atoms with Gasteiger partial charge in [-0.2, -0.15) is 0 Å². The van der Waals surface area contributed by atoms with Crippen LogP contribution in [0.4, 0.5) is 0 Å². The lowest BCUT2D eigenvalue weighted by atomic mass is 10.1. The predicted molar refractivity (Wildman–Crippen MR) is 146 cm³/mol. The van der Waals surface area contributed by atoms with E-state index in [9.17, 15) is 0 Å². The van der Waals surface area contributed by atoms with Crippen molar-refractivity contribution in [1.82, 2.24) is 9.55 Å². The molecule has 4 aromatic carbocycles. The lowest BCUT2D eigenvalue weighted by Crippen LogP contribution is -2.10. The largest absolute Gasteiger partial charge is 0.494 e.